The molecule has 0 saturated carbocycles. The summed E-state index contributed by atoms with van der Waals surface area (Å²) in [4.78, 5) is 27.3. The van der Waals surface area contributed by atoms with Crippen molar-refractivity contribution in [2.75, 3.05) is 34.5 Å². The summed E-state index contributed by atoms with van der Waals surface area (Å²) in [6, 6.07) is 11.8. The highest BCUT2D eigenvalue weighted by molar-refractivity contribution is 5.95. The van der Waals surface area contributed by atoms with Gasteiger partial charge in [0.15, 0.2) is 0 Å². The average Bonchev–Trinajstić information content (AvgIpc) is 2.84. The molecule has 1 heterocycles. The van der Waals surface area contributed by atoms with Crippen LogP contribution in [-0.2, 0) is 16.0 Å². The molecule has 2 aromatic carbocycles. The number of hydrogen-bond acceptors (Lipinski definition) is 6. The highest BCUT2D eigenvalue weighted by Crippen LogP contribution is 2.35. The van der Waals surface area contributed by atoms with Crippen molar-refractivity contribution in [2.24, 2.45) is 0 Å². The Labute approximate surface area is 194 Å². The van der Waals surface area contributed by atoms with E-state index in [2.05, 4.69) is 12.2 Å². The summed E-state index contributed by atoms with van der Waals surface area (Å²) in [5.41, 5.74) is 2.47. The zero-order chi connectivity index (χ0) is 24.0. The summed E-state index contributed by atoms with van der Waals surface area (Å²) in [7, 11) is 4.67. The Balaban J connectivity index is 2.07. The van der Waals surface area contributed by atoms with Crippen molar-refractivity contribution in [3.8, 4) is 17.2 Å². The van der Waals surface area contributed by atoms with Crippen LogP contribution in [0.5, 0.6) is 17.2 Å². The Morgan fingerprint density at radius 2 is 1.73 bits per heavy atom. The number of esters is 1. The Morgan fingerprint density at radius 3 is 2.33 bits per heavy atom. The molecule has 1 atom stereocenters. The summed E-state index contributed by atoms with van der Waals surface area (Å²) in [5, 5.41) is 2.88. The van der Waals surface area contributed by atoms with Crippen LogP contribution in [0.2, 0.25) is 0 Å². The van der Waals surface area contributed by atoms with Crippen molar-refractivity contribution in [1.82, 2.24) is 10.2 Å². The number of aryl methyl sites for hydroxylation is 1. The molecule has 33 heavy (non-hydrogen) atoms. The molecule has 3 rings (SSSR count). The Hall–Kier alpha value is -3.68. The number of amides is 2. The predicted octanol–water partition coefficient (Wildman–Crippen LogP) is 3.86. The molecule has 0 aliphatic carbocycles. The Morgan fingerprint density at radius 1 is 1.03 bits per heavy atom. The first-order valence-corrected chi connectivity index (χ1v) is 10.8. The van der Waals surface area contributed by atoms with Crippen LogP contribution >= 0.6 is 0 Å². The topological polar surface area (TPSA) is 86.3 Å². The van der Waals surface area contributed by atoms with Gasteiger partial charge < -0.3 is 24.3 Å². The van der Waals surface area contributed by atoms with Gasteiger partial charge in [-0.05, 0) is 48.7 Å². The molecule has 2 aromatic rings. The molecule has 0 radical (unpaired) electrons. The zero-order valence-corrected chi connectivity index (χ0v) is 19.6. The Bertz CT molecular complexity index is 1030. The number of carbonyl (C=O) groups excluding carboxylic acids is 2. The van der Waals surface area contributed by atoms with Crippen molar-refractivity contribution in [3.63, 3.8) is 0 Å². The molecule has 8 heteroatoms. The first kappa shape index (κ1) is 24.0. The minimum absolute atomic E-state index is 0.0167. The molecule has 0 aromatic heterocycles. The summed E-state index contributed by atoms with van der Waals surface area (Å²) in [6.45, 7) is 4.01. The van der Waals surface area contributed by atoms with Crippen molar-refractivity contribution >= 4 is 12.0 Å². The lowest BCUT2D eigenvalue weighted by Gasteiger charge is -2.34. The fourth-order valence-corrected chi connectivity index (χ4v) is 3.63. The monoisotopic (exact) mass is 454 g/mol. The maximum atomic E-state index is 13.1. The Kier molecular flexibility index (Phi) is 7.82. The lowest BCUT2D eigenvalue weighted by atomic mass is 9.94. The van der Waals surface area contributed by atoms with E-state index >= 15 is 0 Å². The largest absolute Gasteiger partial charge is 0.497 e. The molecule has 0 bridgehead atoms. The van der Waals surface area contributed by atoms with Crippen molar-refractivity contribution in [3.05, 3.63) is 64.9 Å². The molecule has 176 valence electrons. The number of carbonyl (C=O) groups is 2. The minimum Gasteiger partial charge on any atom is -0.497 e. The molecule has 2 amide bonds. The van der Waals surface area contributed by atoms with Crippen LogP contribution in [0.3, 0.4) is 0 Å². The van der Waals surface area contributed by atoms with Crippen LogP contribution < -0.4 is 19.5 Å². The molecule has 0 unspecified atom stereocenters. The van der Waals surface area contributed by atoms with Gasteiger partial charge in [-0.2, -0.15) is 0 Å². The number of benzene rings is 2. The van der Waals surface area contributed by atoms with Crippen LogP contribution in [0.25, 0.3) is 0 Å². The normalized spacial score (nSPS) is 15.7. The van der Waals surface area contributed by atoms with E-state index in [0.717, 1.165) is 12.0 Å². The maximum absolute atomic E-state index is 13.1. The second kappa shape index (κ2) is 10.8. The van der Waals surface area contributed by atoms with Crippen LogP contribution in [0.15, 0.2) is 53.7 Å². The third kappa shape index (κ3) is 5.39. The predicted molar refractivity (Wildman–Crippen MR) is 124 cm³/mol. The second-order valence-corrected chi connectivity index (χ2v) is 7.46. The average molecular weight is 455 g/mol. The van der Waals surface area contributed by atoms with Gasteiger partial charge >= 0.3 is 12.0 Å². The van der Waals surface area contributed by atoms with E-state index in [9.17, 15) is 9.59 Å². The molecule has 8 nitrogen and oxygen atoms in total. The quantitative estimate of drug-likeness (QED) is 0.579. The molecule has 0 fully saturated rings. The number of methoxy groups -OCH3 is 2. The van der Waals surface area contributed by atoms with Gasteiger partial charge in [0.2, 0.25) is 0 Å². The van der Waals surface area contributed by atoms with Gasteiger partial charge in [0, 0.05) is 13.1 Å². The first-order chi connectivity index (χ1) is 15.9. The van der Waals surface area contributed by atoms with E-state index in [1.165, 1.54) is 19.1 Å². The summed E-state index contributed by atoms with van der Waals surface area (Å²) in [5.74, 6) is 1.20. The number of nitrogens with zero attached hydrogens (tertiary/aromatic N) is 1. The highest BCUT2D eigenvalue weighted by atomic mass is 16.5. The highest BCUT2D eigenvalue weighted by Gasteiger charge is 2.37. The summed E-state index contributed by atoms with van der Waals surface area (Å²) in [6.07, 6.45) is 0.871. The molecule has 0 saturated heterocycles. The summed E-state index contributed by atoms with van der Waals surface area (Å²) < 4.78 is 22.1. The number of urea groups is 1. The van der Waals surface area contributed by atoms with Gasteiger partial charge in [-0.15, -0.1) is 0 Å². The van der Waals surface area contributed by atoms with E-state index in [-0.39, 0.29) is 19.2 Å². The minimum atomic E-state index is -0.766. The van der Waals surface area contributed by atoms with Crippen LogP contribution in [0.1, 0.15) is 31.0 Å². The van der Waals surface area contributed by atoms with Crippen LogP contribution in [0.4, 0.5) is 4.79 Å². The SMILES string of the molecule is CCOC(=O)C1=C(COc2cccc(CC)c2)N(C)C(=O)N[C@H]1c1cc(OC)cc(OC)c1. The third-order valence-electron chi connectivity index (χ3n) is 5.46. The zero-order valence-electron chi connectivity index (χ0n) is 19.6. The number of nitrogens with one attached hydrogen (secondary N) is 1. The lowest BCUT2D eigenvalue weighted by molar-refractivity contribution is -0.139. The number of rotatable bonds is 9. The molecular formula is C25H30N2O6. The third-order valence-corrected chi connectivity index (χ3v) is 5.46. The van der Waals surface area contributed by atoms with E-state index in [4.69, 9.17) is 18.9 Å². The van der Waals surface area contributed by atoms with Gasteiger partial charge in [0.05, 0.1) is 38.1 Å². The molecule has 0 spiro atoms. The molecule has 1 aliphatic rings. The van der Waals surface area contributed by atoms with Gasteiger partial charge in [0.1, 0.15) is 23.9 Å². The van der Waals surface area contributed by atoms with Crippen molar-refractivity contribution in [1.29, 1.82) is 0 Å². The van der Waals surface area contributed by atoms with E-state index < -0.39 is 12.0 Å². The molecule has 1 N–H and O–H groups in total. The van der Waals surface area contributed by atoms with Crippen molar-refractivity contribution < 1.29 is 28.5 Å². The number of hydrogen-bond donors (Lipinski definition) is 1. The van der Waals surface area contributed by atoms with Crippen molar-refractivity contribution in [2.45, 2.75) is 26.3 Å². The van der Waals surface area contributed by atoms with Gasteiger partial charge in [-0.1, -0.05) is 19.1 Å². The van der Waals surface area contributed by atoms with Gasteiger partial charge in [-0.25, -0.2) is 9.59 Å². The fraction of sp³-hybridized carbons (Fsp3) is 0.360. The van der Waals surface area contributed by atoms with Gasteiger partial charge in [0.25, 0.3) is 0 Å². The second-order valence-electron chi connectivity index (χ2n) is 7.46. The number of likely N-dealkylation sites (N-methyl/N-ethyl adjacent to an activating group) is 1. The van der Waals surface area contributed by atoms with Crippen LogP contribution in [-0.4, -0.2) is 51.4 Å². The lowest BCUT2D eigenvalue weighted by Crippen LogP contribution is -2.48. The number of ether oxygens (including phenoxy) is 4. The first-order valence-electron chi connectivity index (χ1n) is 10.8. The van der Waals surface area contributed by atoms with Gasteiger partial charge in [-0.3, -0.25) is 4.90 Å². The molecular weight excluding hydrogens is 424 g/mol. The fourth-order valence-electron chi connectivity index (χ4n) is 3.63. The molecule has 1 aliphatic heterocycles. The van der Waals surface area contributed by atoms with E-state index in [1.807, 2.05) is 24.3 Å². The van der Waals surface area contributed by atoms with E-state index in [1.54, 1.807) is 32.2 Å². The van der Waals surface area contributed by atoms with E-state index in [0.29, 0.717) is 34.1 Å². The standard InChI is InChI=1S/C25H30N2O6/c1-6-16-9-8-10-18(11-16)33-15-21-22(24(28)32-7-2)23(26-25(29)27(21)3)17-12-19(30-4)14-20(13-17)31-5/h8-14,23H,6-7,15H2,1-5H3,(H,26,29)/t23-/m0/s1. The van der Waals surface area contributed by atoms with Crippen LogP contribution in [0, 0.1) is 0 Å². The summed E-state index contributed by atoms with van der Waals surface area (Å²) >= 11 is 0. The smallest absolute Gasteiger partial charge is 0.338 e. The maximum Gasteiger partial charge on any atom is 0.338 e.